The number of anilines is 2. The smallest absolute Gasteiger partial charge is 0.433 e. The van der Waals surface area contributed by atoms with Gasteiger partial charge in [-0.25, -0.2) is 9.97 Å². The second kappa shape index (κ2) is 13.4. The second-order valence-electron chi connectivity index (χ2n) is 14.3. The van der Waals surface area contributed by atoms with Crippen molar-refractivity contribution in [3.8, 4) is 11.5 Å². The summed E-state index contributed by atoms with van der Waals surface area (Å²) in [6.45, 7) is 0. The third-order valence-corrected chi connectivity index (χ3v) is 11.8. The van der Waals surface area contributed by atoms with Gasteiger partial charge in [0.15, 0.2) is 11.6 Å². The SMILES string of the molecule is CN(c1nc(C(F)(F)F)ccc1Cl)N1C(=O)C2CC=C3C(CC4C(=O)N(N(C)c5nc(C(F)(F)F)ccc5Cl)C(=O)C4C3C3=COc4ccc(O)cc4C3)C2C1=O. The number of nitrogens with zero attached hydrogens (tertiary/aromatic N) is 6. The number of imide groups is 2. The molecule has 0 spiro atoms. The summed E-state index contributed by atoms with van der Waals surface area (Å²) < 4.78 is 87.9. The van der Waals surface area contributed by atoms with Crippen molar-refractivity contribution in [2.75, 3.05) is 24.1 Å². The number of rotatable bonds is 5. The normalized spacial score (nSPS) is 25.6. The quantitative estimate of drug-likeness (QED) is 0.170. The molecule has 2 aliphatic carbocycles. The maximum atomic E-state index is 14.6. The van der Waals surface area contributed by atoms with E-state index in [1.165, 1.54) is 32.5 Å². The maximum Gasteiger partial charge on any atom is 0.433 e. The van der Waals surface area contributed by atoms with E-state index in [1.807, 2.05) is 0 Å². The van der Waals surface area contributed by atoms with Crippen molar-refractivity contribution >= 4 is 58.5 Å². The number of alkyl halides is 6. The Morgan fingerprint density at radius 1 is 0.754 bits per heavy atom. The van der Waals surface area contributed by atoms with Crippen LogP contribution in [0.3, 0.4) is 0 Å². The van der Waals surface area contributed by atoms with Crippen LogP contribution in [0.5, 0.6) is 11.5 Å². The van der Waals surface area contributed by atoms with Crippen LogP contribution >= 0.6 is 23.2 Å². The average Bonchev–Trinajstić information content (AvgIpc) is 3.55. The average molecular weight is 838 g/mol. The van der Waals surface area contributed by atoms with Gasteiger partial charge in [-0.2, -0.15) is 36.4 Å². The lowest BCUT2D eigenvalue weighted by Crippen LogP contribution is -2.47. The predicted molar refractivity (Wildman–Crippen MR) is 188 cm³/mol. The lowest BCUT2D eigenvalue weighted by Gasteiger charge is -2.44. The Hall–Kier alpha value is -5.36. The highest BCUT2D eigenvalue weighted by Gasteiger charge is 2.64. The van der Waals surface area contributed by atoms with Gasteiger partial charge in [-0.1, -0.05) is 34.9 Å². The molecule has 20 heteroatoms. The van der Waals surface area contributed by atoms with E-state index in [0.29, 0.717) is 44.6 Å². The van der Waals surface area contributed by atoms with E-state index in [9.17, 15) is 50.6 Å². The Morgan fingerprint density at radius 2 is 1.30 bits per heavy atom. The van der Waals surface area contributed by atoms with Gasteiger partial charge in [-0.3, -0.25) is 29.2 Å². The number of carbonyl (C=O) groups is 4. The van der Waals surface area contributed by atoms with Gasteiger partial charge in [0.1, 0.15) is 22.9 Å². The minimum atomic E-state index is -4.88. The number of ether oxygens (including phenoxy) is 1. The number of allylic oxidation sites excluding steroid dienone is 3. The van der Waals surface area contributed by atoms with E-state index in [-0.39, 0.29) is 35.1 Å². The molecule has 3 aliphatic heterocycles. The number of carbonyl (C=O) groups excluding carboxylic acids is 4. The summed E-state index contributed by atoms with van der Waals surface area (Å²) >= 11 is 12.5. The van der Waals surface area contributed by atoms with Crippen LogP contribution in [0.4, 0.5) is 38.0 Å². The molecule has 5 aliphatic rings. The van der Waals surface area contributed by atoms with Crippen LogP contribution in [-0.2, 0) is 38.0 Å². The van der Waals surface area contributed by atoms with Crippen LogP contribution < -0.4 is 14.8 Å². The lowest BCUT2D eigenvalue weighted by atomic mass is 9.56. The Morgan fingerprint density at radius 3 is 1.86 bits per heavy atom. The van der Waals surface area contributed by atoms with Crippen LogP contribution in [0.2, 0.25) is 10.0 Å². The third kappa shape index (κ3) is 6.14. The molecule has 5 heterocycles. The second-order valence-corrected chi connectivity index (χ2v) is 15.1. The Balaban J connectivity index is 1.19. The molecule has 6 unspecified atom stereocenters. The highest BCUT2D eigenvalue weighted by Crippen LogP contribution is 2.58. The van der Waals surface area contributed by atoms with Gasteiger partial charge in [0.25, 0.3) is 23.6 Å². The summed E-state index contributed by atoms with van der Waals surface area (Å²) in [6.07, 6.45) is -6.69. The molecule has 3 aromatic rings. The topological polar surface area (TPSA) is 136 Å². The molecule has 1 saturated carbocycles. The van der Waals surface area contributed by atoms with Crippen LogP contribution in [0, 0.1) is 35.5 Å². The van der Waals surface area contributed by atoms with E-state index in [1.54, 1.807) is 12.1 Å². The Labute approximate surface area is 328 Å². The third-order valence-electron chi connectivity index (χ3n) is 11.2. The first-order valence-electron chi connectivity index (χ1n) is 17.4. The molecule has 1 aromatic carbocycles. The zero-order valence-electron chi connectivity index (χ0n) is 29.5. The Bertz CT molecular complexity index is 2340. The summed E-state index contributed by atoms with van der Waals surface area (Å²) in [5.74, 6) is -10.2. The fraction of sp³-hybridized carbons (Fsp3) is 0.351. The minimum absolute atomic E-state index is 0.0237. The number of aromatic nitrogens is 2. The number of aromatic hydroxyl groups is 1. The van der Waals surface area contributed by atoms with Gasteiger partial charge in [0.05, 0.1) is 40.0 Å². The number of pyridine rings is 2. The Kier molecular flexibility index (Phi) is 9.03. The molecule has 12 nitrogen and oxygen atoms in total. The van der Waals surface area contributed by atoms with E-state index in [4.69, 9.17) is 27.9 Å². The molecule has 57 heavy (non-hydrogen) atoms. The van der Waals surface area contributed by atoms with E-state index in [0.717, 1.165) is 22.2 Å². The van der Waals surface area contributed by atoms with Crippen molar-refractivity contribution < 1.29 is 55.4 Å². The van der Waals surface area contributed by atoms with Crippen molar-refractivity contribution in [2.24, 2.45) is 35.5 Å². The molecule has 8 rings (SSSR count). The molecular formula is C37H28Cl2F6N6O6. The predicted octanol–water partition coefficient (Wildman–Crippen LogP) is 6.62. The largest absolute Gasteiger partial charge is 0.508 e. The van der Waals surface area contributed by atoms with E-state index >= 15 is 0 Å². The number of phenolic OH excluding ortho intramolecular Hbond substituents is 1. The number of hydrazine groups is 2. The molecule has 6 atom stereocenters. The van der Waals surface area contributed by atoms with Crippen molar-refractivity contribution in [1.29, 1.82) is 0 Å². The van der Waals surface area contributed by atoms with Gasteiger partial charge in [-0.05, 0) is 66.8 Å². The first-order chi connectivity index (χ1) is 26.8. The summed E-state index contributed by atoms with van der Waals surface area (Å²) in [6, 6.07) is 7.62. The van der Waals surface area contributed by atoms with Crippen molar-refractivity contribution in [3.63, 3.8) is 0 Å². The van der Waals surface area contributed by atoms with Gasteiger partial charge in [0, 0.05) is 32.0 Å². The van der Waals surface area contributed by atoms with E-state index in [2.05, 4.69) is 9.97 Å². The van der Waals surface area contributed by atoms with Crippen LogP contribution in [-0.4, -0.2) is 62.8 Å². The number of hydrogen-bond acceptors (Lipinski definition) is 10. The standard InChI is InChI=1S/C37H28Cl2F6N6O6/c1-48(30-22(38)6-9-25(46-30)36(40,41)42)50-32(53)19-5-4-18-20(28(19)34(50)55)13-21-29(27(18)16-11-15-12-17(52)3-8-24(15)57-14-16)35(56)51(33(21)54)49(2)31-23(39)7-10-26(47-31)37(43,44)45/h3-4,6-10,12,14,19-21,27-29,52H,5,11,13H2,1-2H3. The highest BCUT2D eigenvalue weighted by molar-refractivity contribution is 6.33. The highest BCUT2D eigenvalue weighted by atomic mass is 35.5. The molecule has 2 saturated heterocycles. The summed E-state index contributed by atoms with van der Waals surface area (Å²) in [5, 5.41) is 12.8. The number of phenols is 1. The molecular weight excluding hydrogens is 809 g/mol. The zero-order valence-corrected chi connectivity index (χ0v) is 31.0. The number of hydrogen-bond donors (Lipinski definition) is 1. The van der Waals surface area contributed by atoms with Gasteiger partial charge < -0.3 is 9.84 Å². The van der Waals surface area contributed by atoms with Crippen LogP contribution in [0.1, 0.15) is 29.8 Å². The first-order valence-corrected chi connectivity index (χ1v) is 18.1. The van der Waals surface area contributed by atoms with Crippen LogP contribution in [0.15, 0.2) is 65.9 Å². The lowest BCUT2D eigenvalue weighted by molar-refractivity contribution is -0.143. The van der Waals surface area contributed by atoms with Gasteiger partial charge in [0.2, 0.25) is 0 Å². The molecule has 3 fully saturated rings. The fourth-order valence-electron chi connectivity index (χ4n) is 8.79. The zero-order chi connectivity index (χ0) is 41.0. The summed E-state index contributed by atoms with van der Waals surface area (Å²) in [4.78, 5) is 64.6. The summed E-state index contributed by atoms with van der Waals surface area (Å²) in [7, 11) is 2.34. The number of fused-ring (bicyclic) bond motifs is 5. The summed E-state index contributed by atoms with van der Waals surface area (Å²) in [5.41, 5.74) is -1.09. The van der Waals surface area contributed by atoms with Crippen LogP contribution in [0.25, 0.3) is 0 Å². The number of halogens is 8. The van der Waals surface area contributed by atoms with E-state index < -0.39 is 94.5 Å². The maximum absolute atomic E-state index is 14.6. The van der Waals surface area contributed by atoms with Gasteiger partial charge in [-0.15, -0.1) is 0 Å². The molecule has 2 aromatic heterocycles. The monoisotopic (exact) mass is 836 g/mol. The van der Waals surface area contributed by atoms with Crippen molar-refractivity contribution in [2.45, 2.75) is 31.6 Å². The number of amides is 4. The molecule has 298 valence electrons. The van der Waals surface area contributed by atoms with Crippen molar-refractivity contribution in [1.82, 2.24) is 20.0 Å². The number of benzene rings is 1. The fourth-order valence-corrected chi connectivity index (χ4v) is 9.25. The minimum Gasteiger partial charge on any atom is -0.508 e. The van der Waals surface area contributed by atoms with Crippen molar-refractivity contribution in [3.05, 3.63) is 92.9 Å². The first kappa shape index (κ1) is 38.5. The molecule has 0 bridgehead atoms. The molecule has 4 amide bonds. The molecule has 0 radical (unpaired) electrons. The van der Waals surface area contributed by atoms with Gasteiger partial charge >= 0.3 is 12.4 Å². The molecule has 1 N–H and O–H groups in total.